The molecule has 0 saturated heterocycles. The number of aromatic nitrogens is 2. The highest BCUT2D eigenvalue weighted by Crippen LogP contribution is 2.22. The molecule has 1 aromatic heterocycles. The Kier molecular flexibility index (Phi) is 7.52. The van der Waals surface area contributed by atoms with Gasteiger partial charge in [-0.2, -0.15) is 11.8 Å². The largest absolute Gasteiger partial charge is 0.316 e. The highest BCUT2D eigenvalue weighted by Gasteiger charge is 2.15. The van der Waals surface area contributed by atoms with Crippen LogP contribution in [-0.4, -0.2) is 28.8 Å². The zero-order valence-corrected chi connectivity index (χ0v) is 14.6. The Hall–Kier alpha value is -0.610. The minimum atomic E-state index is 0.460. The van der Waals surface area contributed by atoms with Crippen molar-refractivity contribution >= 4 is 11.8 Å². The number of thioether (sulfide) groups is 1. The summed E-state index contributed by atoms with van der Waals surface area (Å²) in [6, 6.07) is 0. The van der Waals surface area contributed by atoms with Crippen LogP contribution in [0.4, 0.5) is 0 Å². The van der Waals surface area contributed by atoms with Gasteiger partial charge in [-0.15, -0.1) is 0 Å². The number of nitrogens with zero attached hydrogens (tertiary/aromatic N) is 2. The fraction of sp³-hybridized carbons (Fsp3) is 0.750. The van der Waals surface area contributed by atoms with E-state index in [1.165, 1.54) is 5.56 Å². The van der Waals surface area contributed by atoms with E-state index >= 15 is 0 Å². The second-order valence-electron chi connectivity index (χ2n) is 5.81. The summed E-state index contributed by atoms with van der Waals surface area (Å²) < 4.78 is 0. The molecule has 1 N–H and O–H groups in total. The molecule has 0 fully saturated rings. The summed E-state index contributed by atoms with van der Waals surface area (Å²) in [5.41, 5.74) is 3.60. The van der Waals surface area contributed by atoms with Crippen molar-refractivity contribution in [1.29, 1.82) is 0 Å². The Morgan fingerprint density at radius 3 is 2.15 bits per heavy atom. The maximum atomic E-state index is 4.68. The molecule has 0 aromatic carbocycles. The van der Waals surface area contributed by atoms with E-state index < -0.39 is 0 Å². The summed E-state index contributed by atoms with van der Waals surface area (Å²) in [5, 5.41) is 3.53. The molecule has 3 nitrogen and oxygen atoms in total. The van der Waals surface area contributed by atoms with Gasteiger partial charge >= 0.3 is 0 Å². The van der Waals surface area contributed by atoms with E-state index in [1.807, 2.05) is 11.8 Å². The molecule has 1 rings (SSSR count). The monoisotopic (exact) mass is 295 g/mol. The Morgan fingerprint density at radius 1 is 1.05 bits per heavy atom. The molecule has 1 atom stereocenters. The van der Waals surface area contributed by atoms with Crippen LogP contribution in [0.2, 0.25) is 0 Å². The lowest BCUT2D eigenvalue weighted by Crippen LogP contribution is -2.25. The molecule has 0 spiro atoms. The van der Waals surface area contributed by atoms with Gasteiger partial charge in [0.05, 0.1) is 5.75 Å². The third-order valence-electron chi connectivity index (χ3n) is 3.30. The minimum absolute atomic E-state index is 0.460. The molecule has 0 bridgehead atoms. The van der Waals surface area contributed by atoms with Crippen molar-refractivity contribution in [3.05, 3.63) is 22.8 Å². The molecule has 0 saturated carbocycles. The van der Waals surface area contributed by atoms with E-state index in [1.54, 1.807) is 0 Å². The fourth-order valence-corrected chi connectivity index (χ4v) is 2.97. The van der Waals surface area contributed by atoms with Gasteiger partial charge in [0.1, 0.15) is 5.82 Å². The standard InChI is InChI=1S/C16H29N3S/c1-7-20-10-15-18-13(5)16(14(6)19-15)12(4)9-17-8-11(2)3/h11-12,17H,7-10H2,1-6H3. The van der Waals surface area contributed by atoms with Crippen LogP contribution in [0.15, 0.2) is 0 Å². The van der Waals surface area contributed by atoms with Gasteiger partial charge in [0.25, 0.3) is 0 Å². The Morgan fingerprint density at radius 2 is 1.65 bits per heavy atom. The summed E-state index contributed by atoms with van der Waals surface area (Å²) in [4.78, 5) is 9.35. The molecule has 0 amide bonds. The fourth-order valence-electron chi connectivity index (χ4n) is 2.46. The van der Waals surface area contributed by atoms with E-state index in [-0.39, 0.29) is 0 Å². The maximum Gasteiger partial charge on any atom is 0.138 e. The molecule has 0 aliphatic heterocycles. The second-order valence-corrected chi connectivity index (χ2v) is 7.09. The average Bonchev–Trinajstić information content (AvgIpc) is 2.35. The topological polar surface area (TPSA) is 37.8 Å². The Labute approximate surface area is 128 Å². The van der Waals surface area contributed by atoms with Crippen molar-refractivity contribution in [3.8, 4) is 0 Å². The number of aryl methyl sites for hydroxylation is 2. The zero-order valence-electron chi connectivity index (χ0n) is 13.8. The van der Waals surface area contributed by atoms with Crippen molar-refractivity contribution in [2.24, 2.45) is 5.92 Å². The molecule has 1 unspecified atom stereocenters. The molecule has 1 aromatic rings. The first-order valence-electron chi connectivity index (χ1n) is 7.58. The van der Waals surface area contributed by atoms with Crippen LogP contribution in [0.1, 0.15) is 56.4 Å². The van der Waals surface area contributed by atoms with E-state index in [9.17, 15) is 0 Å². The van der Waals surface area contributed by atoms with E-state index in [0.29, 0.717) is 11.8 Å². The first-order chi connectivity index (χ1) is 9.45. The SMILES string of the molecule is CCSCc1nc(C)c(C(C)CNCC(C)C)c(C)n1. The lowest BCUT2D eigenvalue weighted by Gasteiger charge is -2.18. The summed E-state index contributed by atoms with van der Waals surface area (Å²) in [6.45, 7) is 15.2. The highest BCUT2D eigenvalue weighted by molar-refractivity contribution is 7.98. The highest BCUT2D eigenvalue weighted by atomic mass is 32.2. The number of hydrogen-bond donors (Lipinski definition) is 1. The van der Waals surface area contributed by atoms with E-state index in [2.05, 4.69) is 56.8 Å². The molecule has 0 radical (unpaired) electrons. The zero-order chi connectivity index (χ0) is 15.1. The van der Waals surface area contributed by atoms with Gasteiger partial charge in [0.15, 0.2) is 0 Å². The van der Waals surface area contributed by atoms with Gasteiger partial charge in [-0.3, -0.25) is 0 Å². The summed E-state index contributed by atoms with van der Waals surface area (Å²) >= 11 is 1.87. The number of nitrogens with one attached hydrogen (secondary N) is 1. The first-order valence-corrected chi connectivity index (χ1v) is 8.73. The average molecular weight is 295 g/mol. The molecule has 4 heteroatoms. The number of rotatable bonds is 8. The smallest absolute Gasteiger partial charge is 0.138 e. The third-order valence-corrected chi connectivity index (χ3v) is 4.17. The minimum Gasteiger partial charge on any atom is -0.316 e. The van der Waals surface area contributed by atoms with Crippen LogP contribution in [-0.2, 0) is 5.75 Å². The molecular weight excluding hydrogens is 266 g/mol. The molecule has 20 heavy (non-hydrogen) atoms. The lowest BCUT2D eigenvalue weighted by atomic mass is 9.98. The molecule has 0 aliphatic rings. The van der Waals surface area contributed by atoms with E-state index in [4.69, 9.17) is 0 Å². The van der Waals surface area contributed by atoms with Crippen molar-refractivity contribution in [3.63, 3.8) is 0 Å². The van der Waals surface area contributed by atoms with Crippen LogP contribution >= 0.6 is 11.8 Å². The van der Waals surface area contributed by atoms with Crippen molar-refractivity contribution < 1.29 is 0 Å². The normalized spacial score (nSPS) is 12.9. The molecule has 114 valence electrons. The number of hydrogen-bond acceptors (Lipinski definition) is 4. The summed E-state index contributed by atoms with van der Waals surface area (Å²) in [7, 11) is 0. The van der Waals surface area contributed by atoms with Gasteiger partial charge in [-0.1, -0.05) is 27.7 Å². The van der Waals surface area contributed by atoms with Crippen LogP contribution in [0.3, 0.4) is 0 Å². The Balaban J connectivity index is 2.74. The van der Waals surface area contributed by atoms with Gasteiger partial charge in [-0.05, 0) is 43.5 Å². The summed E-state index contributed by atoms with van der Waals surface area (Å²) in [6.07, 6.45) is 0. The van der Waals surface area contributed by atoms with Crippen LogP contribution in [0.25, 0.3) is 0 Å². The molecule has 1 heterocycles. The van der Waals surface area contributed by atoms with Gasteiger partial charge < -0.3 is 5.32 Å². The van der Waals surface area contributed by atoms with Crippen molar-refractivity contribution in [2.75, 3.05) is 18.8 Å². The van der Waals surface area contributed by atoms with E-state index in [0.717, 1.165) is 41.8 Å². The quantitative estimate of drug-likeness (QED) is 0.793. The second kappa shape index (κ2) is 8.63. The summed E-state index contributed by atoms with van der Waals surface area (Å²) in [5.74, 6) is 4.14. The van der Waals surface area contributed by atoms with Crippen LogP contribution < -0.4 is 5.32 Å². The predicted octanol–water partition coefficient (Wildman–Crippen LogP) is 3.70. The molecular formula is C16H29N3S. The molecule has 0 aliphatic carbocycles. The predicted molar refractivity (Wildman–Crippen MR) is 89.5 cm³/mol. The van der Waals surface area contributed by atoms with Crippen molar-refractivity contribution in [1.82, 2.24) is 15.3 Å². The lowest BCUT2D eigenvalue weighted by molar-refractivity contribution is 0.525. The van der Waals surface area contributed by atoms with Crippen LogP contribution in [0, 0.1) is 19.8 Å². The first kappa shape index (κ1) is 17.4. The van der Waals surface area contributed by atoms with Gasteiger partial charge in [-0.25, -0.2) is 9.97 Å². The van der Waals surface area contributed by atoms with Crippen LogP contribution in [0.5, 0.6) is 0 Å². The van der Waals surface area contributed by atoms with Gasteiger partial charge in [0.2, 0.25) is 0 Å². The Bertz CT molecular complexity index is 395. The van der Waals surface area contributed by atoms with Crippen molar-refractivity contribution in [2.45, 2.75) is 53.2 Å². The van der Waals surface area contributed by atoms with Gasteiger partial charge in [0, 0.05) is 17.9 Å². The maximum absolute atomic E-state index is 4.68. The third kappa shape index (κ3) is 5.41.